The lowest BCUT2D eigenvalue weighted by molar-refractivity contribution is 0.214. The first-order valence-electron chi connectivity index (χ1n) is 8.74. The summed E-state index contributed by atoms with van der Waals surface area (Å²) in [4.78, 5) is 16.7. The highest BCUT2D eigenvalue weighted by Gasteiger charge is 2.16. The molecule has 2 heterocycles. The molecule has 0 aliphatic carbocycles. The Labute approximate surface area is 133 Å². The van der Waals surface area contributed by atoms with Crippen LogP contribution >= 0.6 is 0 Å². The Morgan fingerprint density at radius 3 is 1.95 bits per heavy atom. The number of nitrogens with one attached hydrogen (secondary N) is 1. The van der Waals surface area contributed by atoms with E-state index in [0.717, 1.165) is 44.7 Å². The lowest BCUT2D eigenvalue weighted by Crippen LogP contribution is -2.35. The summed E-state index contributed by atoms with van der Waals surface area (Å²) in [6, 6.07) is 8.36. The monoisotopic (exact) mass is 301 g/mol. The van der Waals surface area contributed by atoms with Gasteiger partial charge < -0.3 is 15.1 Å². The summed E-state index contributed by atoms with van der Waals surface area (Å²) in [6.07, 6.45) is 8.66. The SMILES string of the molecule is O=C(Nc1ccc(N2CCCCC2)cc1)N1CCCCCC1. The maximum absolute atomic E-state index is 12.3. The third kappa shape index (κ3) is 3.93. The highest BCUT2D eigenvalue weighted by atomic mass is 16.2. The molecule has 0 aromatic heterocycles. The Morgan fingerprint density at radius 2 is 1.32 bits per heavy atom. The standard InChI is InChI=1S/C18H27N3O/c22-18(21-14-4-1-2-5-15-21)19-16-8-10-17(11-9-16)20-12-6-3-7-13-20/h8-11H,1-7,12-15H2,(H,19,22). The number of hydrogen-bond acceptors (Lipinski definition) is 2. The molecule has 2 amide bonds. The average molecular weight is 301 g/mol. The maximum atomic E-state index is 12.3. The van der Waals surface area contributed by atoms with Crippen molar-refractivity contribution in [2.24, 2.45) is 0 Å². The predicted molar refractivity (Wildman–Crippen MR) is 91.6 cm³/mol. The summed E-state index contributed by atoms with van der Waals surface area (Å²) in [6.45, 7) is 4.08. The van der Waals surface area contributed by atoms with Crippen molar-refractivity contribution >= 4 is 17.4 Å². The normalized spacial score (nSPS) is 19.6. The minimum absolute atomic E-state index is 0.0487. The molecule has 1 N–H and O–H groups in total. The van der Waals surface area contributed by atoms with Gasteiger partial charge in [0.25, 0.3) is 0 Å². The van der Waals surface area contributed by atoms with Crippen LogP contribution in [0.4, 0.5) is 16.2 Å². The van der Waals surface area contributed by atoms with Gasteiger partial charge in [0, 0.05) is 37.6 Å². The molecule has 22 heavy (non-hydrogen) atoms. The van der Waals surface area contributed by atoms with Crippen molar-refractivity contribution in [3.05, 3.63) is 24.3 Å². The Kier molecular flexibility index (Phi) is 5.20. The molecule has 1 aromatic rings. The smallest absolute Gasteiger partial charge is 0.321 e. The number of carbonyl (C=O) groups excluding carboxylic acids is 1. The molecule has 3 rings (SSSR count). The lowest BCUT2D eigenvalue weighted by atomic mass is 10.1. The highest BCUT2D eigenvalue weighted by Crippen LogP contribution is 2.22. The zero-order valence-corrected chi connectivity index (χ0v) is 13.4. The molecule has 2 aliphatic rings. The van der Waals surface area contributed by atoms with E-state index in [1.54, 1.807) is 0 Å². The van der Waals surface area contributed by atoms with Gasteiger partial charge in [0.15, 0.2) is 0 Å². The van der Waals surface area contributed by atoms with Crippen molar-refractivity contribution < 1.29 is 4.79 Å². The van der Waals surface area contributed by atoms with Crippen LogP contribution in [0.2, 0.25) is 0 Å². The summed E-state index contributed by atoms with van der Waals surface area (Å²) in [7, 11) is 0. The van der Waals surface area contributed by atoms with E-state index in [2.05, 4.69) is 22.3 Å². The van der Waals surface area contributed by atoms with Gasteiger partial charge in [0.2, 0.25) is 0 Å². The summed E-state index contributed by atoms with van der Waals surface area (Å²) in [5.41, 5.74) is 2.17. The summed E-state index contributed by atoms with van der Waals surface area (Å²) >= 11 is 0. The number of urea groups is 1. The van der Waals surface area contributed by atoms with Crippen molar-refractivity contribution in [3.8, 4) is 0 Å². The number of amides is 2. The third-order valence-electron chi connectivity index (χ3n) is 4.73. The van der Waals surface area contributed by atoms with Crippen LogP contribution in [0.5, 0.6) is 0 Å². The van der Waals surface area contributed by atoms with Crippen LogP contribution in [-0.2, 0) is 0 Å². The summed E-state index contributed by atoms with van der Waals surface area (Å²) in [5, 5.41) is 3.04. The Hall–Kier alpha value is -1.71. The molecular formula is C18H27N3O. The van der Waals surface area contributed by atoms with E-state index in [9.17, 15) is 4.79 Å². The predicted octanol–water partition coefficient (Wildman–Crippen LogP) is 4.08. The largest absolute Gasteiger partial charge is 0.372 e. The first-order chi connectivity index (χ1) is 10.8. The molecular weight excluding hydrogens is 274 g/mol. The number of nitrogens with zero attached hydrogens (tertiary/aromatic N) is 2. The maximum Gasteiger partial charge on any atom is 0.321 e. The molecule has 1 aromatic carbocycles. The number of piperidine rings is 1. The van der Waals surface area contributed by atoms with E-state index in [1.165, 1.54) is 37.8 Å². The van der Waals surface area contributed by atoms with Crippen molar-refractivity contribution in [2.75, 3.05) is 36.4 Å². The van der Waals surface area contributed by atoms with Gasteiger partial charge >= 0.3 is 6.03 Å². The van der Waals surface area contributed by atoms with Gasteiger partial charge in [-0.2, -0.15) is 0 Å². The first kappa shape index (κ1) is 15.2. The second kappa shape index (κ2) is 7.52. The quantitative estimate of drug-likeness (QED) is 0.893. The van der Waals surface area contributed by atoms with E-state index >= 15 is 0 Å². The van der Waals surface area contributed by atoms with Crippen LogP contribution in [0.15, 0.2) is 24.3 Å². The van der Waals surface area contributed by atoms with Gasteiger partial charge in [0.05, 0.1) is 0 Å². The first-order valence-corrected chi connectivity index (χ1v) is 8.74. The third-order valence-corrected chi connectivity index (χ3v) is 4.73. The number of rotatable bonds is 2. The zero-order chi connectivity index (χ0) is 15.2. The molecule has 4 nitrogen and oxygen atoms in total. The fourth-order valence-corrected chi connectivity index (χ4v) is 3.38. The topological polar surface area (TPSA) is 35.6 Å². The molecule has 2 fully saturated rings. The van der Waals surface area contributed by atoms with Gasteiger partial charge in [-0.1, -0.05) is 12.8 Å². The Morgan fingerprint density at radius 1 is 0.773 bits per heavy atom. The second-order valence-corrected chi connectivity index (χ2v) is 6.43. The molecule has 0 bridgehead atoms. The van der Waals surface area contributed by atoms with Crippen LogP contribution in [0.25, 0.3) is 0 Å². The minimum Gasteiger partial charge on any atom is -0.372 e. The van der Waals surface area contributed by atoms with Crippen LogP contribution < -0.4 is 10.2 Å². The van der Waals surface area contributed by atoms with Crippen molar-refractivity contribution in [2.45, 2.75) is 44.9 Å². The highest BCUT2D eigenvalue weighted by molar-refractivity contribution is 5.89. The molecule has 0 radical (unpaired) electrons. The minimum atomic E-state index is 0.0487. The molecule has 0 atom stereocenters. The van der Waals surface area contributed by atoms with E-state index in [0.29, 0.717) is 0 Å². The van der Waals surface area contributed by atoms with E-state index in [1.807, 2.05) is 17.0 Å². The van der Waals surface area contributed by atoms with Gasteiger partial charge in [-0.25, -0.2) is 4.79 Å². The number of benzene rings is 1. The van der Waals surface area contributed by atoms with E-state index in [4.69, 9.17) is 0 Å². The molecule has 120 valence electrons. The number of carbonyl (C=O) groups is 1. The van der Waals surface area contributed by atoms with Crippen molar-refractivity contribution in [1.29, 1.82) is 0 Å². The van der Waals surface area contributed by atoms with Gasteiger partial charge in [-0.05, 0) is 56.4 Å². The van der Waals surface area contributed by atoms with E-state index < -0.39 is 0 Å². The van der Waals surface area contributed by atoms with Gasteiger partial charge in [0.1, 0.15) is 0 Å². The van der Waals surface area contributed by atoms with Crippen molar-refractivity contribution in [1.82, 2.24) is 4.90 Å². The van der Waals surface area contributed by atoms with Gasteiger partial charge in [-0.15, -0.1) is 0 Å². The average Bonchev–Trinajstić information content (AvgIpc) is 2.86. The lowest BCUT2D eigenvalue weighted by Gasteiger charge is -2.29. The molecule has 0 unspecified atom stereocenters. The summed E-state index contributed by atoms with van der Waals surface area (Å²) in [5.74, 6) is 0. The number of likely N-dealkylation sites (tertiary alicyclic amines) is 1. The Balaban J connectivity index is 1.56. The van der Waals surface area contributed by atoms with Crippen molar-refractivity contribution in [3.63, 3.8) is 0 Å². The molecule has 0 saturated carbocycles. The zero-order valence-electron chi connectivity index (χ0n) is 13.4. The summed E-state index contributed by atoms with van der Waals surface area (Å²) < 4.78 is 0. The number of hydrogen-bond donors (Lipinski definition) is 1. The molecule has 2 saturated heterocycles. The Bertz CT molecular complexity index is 472. The molecule has 2 aliphatic heterocycles. The fraction of sp³-hybridized carbons (Fsp3) is 0.611. The van der Waals surface area contributed by atoms with Gasteiger partial charge in [-0.3, -0.25) is 0 Å². The fourth-order valence-electron chi connectivity index (χ4n) is 3.38. The van der Waals surface area contributed by atoms with Crippen LogP contribution in [-0.4, -0.2) is 37.1 Å². The van der Waals surface area contributed by atoms with Crippen LogP contribution in [0.3, 0.4) is 0 Å². The van der Waals surface area contributed by atoms with Crippen LogP contribution in [0, 0.1) is 0 Å². The number of anilines is 2. The molecule has 0 spiro atoms. The second-order valence-electron chi connectivity index (χ2n) is 6.43. The van der Waals surface area contributed by atoms with Crippen LogP contribution in [0.1, 0.15) is 44.9 Å². The molecule has 4 heteroatoms. The van der Waals surface area contributed by atoms with E-state index in [-0.39, 0.29) is 6.03 Å².